The number of hydrogen-bond acceptors (Lipinski definition) is 2. The van der Waals surface area contributed by atoms with E-state index >= 15 is 0 Å². The van der Waals surface area contributed by atoms with E-state index in [1.54, 1.807) is 0 Å². The minimum atomic E-state index is 0.443. The quantitative estimate of drug-likeness (QED) is 0.856. The first kappa shape index (κ1) is 16.1. The van der Waals surface area contributed by atoms with E-state index in [2.05, 4.69) is 56.4 Å². The highest BCUT2D eigenvalue weighted by Crippen LogP contribution is 2.27. The van der Waals surface area contributed by atoms with Crippen LogP contribution in [0.15, 0.2) is 24.4 Å². The zero-order chi connectivity index (χ0) is 15.4. The Labute approximate surface area is 132 Å². The Morgan fingerprint density at radius 1 is 1.33 bits per heavy atom. The largest absolute Gasteiger partial charge is 0.310 e. The average molecular weight is 306 g/mol. The molecule has 1 aromatic carbocycles. The number of hydrogen-bond donors (Lipinski definition) is 1. The fraction of sp³-hybridized carbons (Fsp3) is 0.471. The third kappa shape index (κ3) is 4.08. The Kier molecular flexibility index (Phi) is 5.43. The lowest BCUT2D eigenvalue weighted by molar-refractivity contribution is 0.589. The fourth-order valence-electron chi connectivity index (χ4n) is 2.34. The minimum Gasteiger partial charge on any atom is -0.310 e. The number of rotatable bonds is 6. The Bertz CT molecular complexity index is 602. The van der Waals surface area contributed by atoms with Crippen molar-refractivity contribution >= 4 is 11.6 Å². The summed E-state index contributed by atoms with van der Waals surface area (Å²) in [6.45, 7) is 10.2. The van der Waals surface area contributed by atoms with Crippen molar-refractivity contribution in [3.63, 3.8) is 0 Å². The van der Waals surface area contributed by atoms with Gasteiger partial charge in [-0.3, -0.25) is 4.68 Å². The predicted molar refractivity (Wildman–Crippen MR) is 89.7 cm³/mol. The molecule has 0 radical (unpaired) electrons. The predicted octanol–water partition coefficient (Wildman–Crippen LogP) is 4.42. The third-order valence-corrected chi connectivity index (χ3v) is 3.83. The van der Waals surface area contributed by atoms with Crippen molar-refractivity contribution < 1.29 is 0 Å². The molecule has 1 heterocycles. The van der Waals surface area contributed by atoms with E-state index in [1.807, 2.05) is 10.7 Å². The first-order valence-electron chi connectivity index (χ1n) is 7.57. The van der Waals surface area contributed by atoms with Crippen LogP contribution in [-0.4, -0.2) is 15.8 Å². The number of benzene rings is 1. The third-order valence-electron chi connectivity index (χ3n) is 3.46. The Hall–Kier alpha value is -1.32. The number of nitrogens with one attached hydrogen (secondary N) is 1. The van der Waals surface area contributed by atoms with Crippen molar-refractivity contribution in [2.24, 2.45) is 0 Å². The molecule has 4 heteroatoms. The second-order valence-electron chi connectivity index (χ2n) is 5.73. The van der Waals surface area contributed by atoms with Crippen molar-refractivity contribution in [3.8, 4) is 11.1 Å². The SMILES string of the molecule is CCCn1cc(-c2ccc(Cl)c(CNC(C)C)c2)c(C)n1. The second-order valence-corrected chi connectivity index (χ2v) is 6.14. The summed E-state index contributed by atoms with van der Waals surface area (Å²) in [6.07, 6.45) is 3.21. The molecule has 0 fully saturated rings. The fourth-order valence-corrected chi connectivity index (χ4v) is 2.52. The maximum atomic E-state index is 6.30. The maximum absolute atomic E-state index is 6.30. The van der Waals surface area contributed by atoms with Crippen LogP contribution >= 0.6 is 11.6 Å². The summed E-state index contributed by atoms with van der Waals surface area (Å²) in [5.41, 5.74) is 4.56. The summed E-state index contributed by atoms with van der Waals surface area (Å²) in [5, 5.41) is 8.80. The van der Waals surface area contributed by atoms with Crippen molar-refractivity contribution in [1.82, 2.24) is 15.1 Å². The van der Waals surface area contributed by atoms with Crippen LogP contribution in [0, 0.1) is 6.92 Å². The molecule has 1 aromatic heterocycles. The number of halogens is 1. The standard InChI is InChI=1S/C17H24ClN3/c1-5-8-21-11-16(13(4)20-21)14-6-7-17(18)15(9-14)10-19-12(2)3/h6-7,9,11-12,19H,5,8,10H2,1-4H3. The Morgan fingerprint density at radius 2 is 2.10 bits per heavy atom. The molecule has 2 aromatic rings. The van der Waals surface area contributed by atoms with E-state index in [-0.39, 0.29) is 0 Å². The molecular weight excluding hydrogens is 282 g/mol. The molecule has 0 aliphatic rings. The molecule has 0 saturated carbocycles. The molecule has 0 saturated heterocycles. The van der Waals surface area contributed by atoms with E-state index in [0.717, 1.165) is 35.8 Å². The van der Waals surface area contributed by atoms with Crippen molar-refractivity contribution in [3.05, 3.63) is 40.7 Å². The molecular formula is C17H24ClN3. The van der Waals surface area contributed by atoms with Gasteiger partial charge in [-0.15, -0.1) is 0 Å². The lowest BCUT2D eigenvalue weighted by atomic mass is 10.0. The molecule has 0 aliphatic heterocycles. The van der Waals surface area contributed by atoms with Gasteiger partial charge in [-0.05, 0) is 36.6 Å². The van der Waals surface area contributed by atoms with E-state index in [1.165, 1.54) is 11.1 Å². The van der Waals surface area contributed by atoms with Crippen LogP contribution in [0.2, 0.25) is 5.02 Å². The Morgan fingerprint density at radius 3 is 2.76 bits per heavy atom. The monoisotopic (exact) mass is 305 g/mol. The molecule has 0 amide bonds. The second kappa shape index (κ2) is 7.10. The molecule has 2 rings (SSSR count). The van der Waals surface area contributed by atoms with Gasteiger partial charge in [0.1, 0.15) is 0 Å². The summed E-state index contributed by atoms with van der Waals surface area (Å²) < 4.78 is 2.02. The van der Waals surface area contributed by atoms with Gasteiger partial charge in [-0.1, -0.05) is 38.4 Å². The van der Waals surface area contributed by atoms with Crippen LogP contribution in [0.1, 0.15) is 38.4 Å². The van der Waals surface area contributed by atoms with Gasteiger partial charge in [0.25, 0.3) is 0 Å². The van der Waals surface area contributed by atoms with Crippen molar-refractivity contribution in [1.29, 1.82) is 0 Å². The molecule has 114 valence electrons. The van der Waals surface area contributed by atoms with Gasteiger partial charge in [0, 0.05) is 35.9 Å². The number of aromatic nitrogens is 2. The lowest BCUT2D eigenvalue weighted by Crippen LogP contribution is -2.21. The van der Waals surface area contributed by atoms with Crippen LogP contribution in [0.3, 0.4) is 0 Å². The molecule has 0 atom stereocenters. The molecule has 1 N–H and O–H groups in total. The minimum absolute atomic E-state index is 0.443. The van der Waals surface area contributed by atoms with E-state index in [9.17, 15) is 0 Å². The maximum Gasteiger partial charge on any atom is 0.0672 e. The summed E-state index contributed by atoms with van der Waals surface area (Å²) in [6, 6.07) is 6.66. The van der Waals surface area contributed by atoms with Crippen molar-refractivity contribution in [2.45, 2.75) is 53.2 Å². The molecule has 0 aliphatic carbocycles. The molecule has 0 spiro atoms. The first-order chi connectivity index (χ1) is 10.0. The van der Waals surface area contributed by atoms with Gasteiger partial charge in [-0.2, -0.15) is 5.10 Å². The summed E-state index contributed by atoms with van der Waals surface area (Å²) in [5.74, 6) is 0. The highest BCUT2D eigenvalue weighted by molar-refractivity contribution is 6.31. The van der Waals surface area contributed by atoms with Gasteiger partial charge < -0.3 is 5.32 Å². The smallest absolute Gasteiger partial charge is 0.0672 e. The van der Waals surface area contributed by atoms with Gasteiger partial charge >= 0.3 is 0 Å². The molecule has 3 nitrogen and oxygen atoms in total. The van der Waals surface area contributed by atoms with Crippen LogP contribution in [0.25, 0.3) is 11.1 Å². The zero-order valence-electron chi connectivity index (χ0n) is 13.3. The van der Waals surface area contributed by atoms with E-state index < -0.39 is 0 Å². The van der Waals surface area contributed by atoms with Gasteiger partial charge in [0.05, 0.1) is 5.69 Å². The number of nitrogens with zero attached hydrogens (tertiary/aromatic N) is 2. The summed E-state index contributed by atoms with van der Waals surface area (Å²) in [4.78, 5) is 0. The topological polar surface area (TPSA) is 29.9 Å². The summed E-state index contributed by atoms with van der Waals surface area (Å²) >= 11 is 6.30. The molecule has 0 bridgehead atoms. The number of aryl methyl sites for hydroxylation is 2. The van der Waals surface area contributed by atoms with Crippen molar-refractivity contribution in [2.75, 3.05) is 0 Å². The van der Waals surface area contributed by atoms with Gasteiger partial charge in [0.15, 0.2) is 0 Å². The molecule has 0 unspecified atom stereocenters. The van der Waals surface area contributed by atoms with Gasteiger partial charge in [0.2, 0.25) is 0 Å². The van der Waals surface area contributed by atoms with Crippen LogP contribution < -0.4 is 5.32 Å². The lowest BCUT2D eigenvalue weighted by Gasteiger charge is -2.11. The normalized spacial score (nSPS) is 11.3. The summed E-state index contributed by atoms with van der Waals surface area (Å²) in [7, 11) is 0. The molecule has 21 heavy (non-hydrogen) atoms. The average Bonchev–Trinajstić information content (AvgIpc) is 2.79. The Balaban J connectivity index is 2.29. The van der Waals surface area contributed by atoms with Gasteiger partial charge in [-0.25, -0.2) is 0 Å². The van der Waals surface area contributed by atoms with E-state index in [0.29, 0.717) is 6.04 Å². The zero-order valence-corrected chi connectivity index (χ0v) is 14.0. The van der Waals surface area contributed by atoms with Crippen LogP contribution in [0.4, 0.5) is 0 Å². The highest BCUT2D eigenvalue weighted by Gasteiger charge is 2.10. The first-order valence-corrected chi connectivity index (χ1v) is 7.95. The highest BCUT2D eigenvalue weighted by atomic mass is 35.5. The van der Waals surface area contributed by atoms with E-state index in [4.69, 9.17) is 11.6 Å². The van der Waals surface area contributed by atoms with Crippen LogP contribution in [0.5, 0.6) is 0 Å². The van der Waals surface area contributed by atoms with Crippen LogP contribution in [-0.2, 0) is 13.1 Å².